The highest BCUT2D eigenvalue weighted by atomic mass is 79.9. The van der Waals surface area contributed by atoms with Gasteiger partial charge in [0.05, 0.1) is 12.8 Å². The number of halogens is 1. The second kappa shape index (κ2) is 5.87. The van der Waals surface area contributed by atoms with Crippen molar-refractivity contribution in [1.29, 1.82) is 0 Å². The van der Waals surface area contributed by atoms with Crippen molar-refractivity contribution in [3.05, 3.63) is 28.2 Å². The smallest absolute Gasteiger partial charge is 0.325 e. The predicted octanol–water partition coefficient (Wildman–Crippen LogP) is 0.113. The van der Waals surface area contributed by atoms with Crippen LogP contribution in [-0.2, 0) is 24.7 Å². The van der Waals surface area contributed by atoms with Gasteiger partial charge in [-0.05, 0) is 18.2 Å². The van der Waals surface area contributed by atoms with Crippen LogP contribution >= 0.6 is 27.7 Å². The lowest BCUT2D eigenvalue weighted by molar-refractivity contribution is -0.143. The van der Waals surface area contributed by atoms with Gasteiger partial charge in [-0.25, -0.2) is 0 Å². The summed E-state index contributed by atoms with van der Waals surface area (Å²) in [5.41, 5.74) is 3.92. The molecule has 0 spiro atoms. The number of amides is 2. The Hall–Kier alpha value is -1.91. The zero-order valence-electron chi connectivity index (χ0n) is 12.4. The van der Waals surface area contributed by atoms with Gasteiger partial charge >= 0.3 is 5.97 Å². The monoisotopic (exact) mass is 413 g/mol. The minimum absolute atomic E-state index is 0.0193. The van der Waals surface area contributed by atoms with Crippen molar-refractivity contribution in [2.75, 3.05) is 18.6 Å². The zero-order valence-corrected chi connectivity index (χ0v) is 14.8. The van der Waals surface area contributed by atoms with E-state index in [0.29, 0.717) is 10.2 Å². The standard InChI is InChI=1S/C14H12BrN3O5S/c1-23-9(19)5-18-8-3-2-6(15)4-7(8)14(22,12(18)21)10-11(20)17-13(16)24-10/h2-4,10,22H,5H2,1H3,(H2,16,17,20). The van der Waals surface area contributed by atoms with Crippen LogP contribution in [0.15, 0.2) is 27.7 Å². The summed E-state index contributed by atoms with van der Waals surface area (Å²) in [6.45, 7) is -0.381. The van der Waals surface area contributed by atoms with Crippen LogP contribution in [0.3, 0.4) is 0 Å². The van der Waals surface area contributed by atoms with Crippen molar-refractivity contribution in [2.45, 2.75) is 10.9 Å². The molecule has 2 amide bonds. The van der Waals surface area contributed by atoms with E-state index in [-0.39, 0.29) is 17.3 Å². The Balaban J connectivity index is 2.11. The van der Waals surface area contributed by atoms with E-state index < -0.39 is 28.6 Å². The molecule has 2 aliphatic rings. The van der Waals surface area contributed by atoms with Crippen molar-refractivity contribution < 1.29 is 24.2 Å². The van der Waals surface area contributed by atoms with Gasteiger partial charge in [-0.1, -0.05) is 27.7 Å². The molecule has 0 fully saturated rings. The maximum absolute atomic E-state index is 12.9. The minimum Gasteiger partial charge on any atom is -0.468 e. The van der Waals surface area contributed by atoms with Crippen LogP contribution in [0.4, 0.5) is 5.69 Å². The van der Waals surface area contributed by atoms with Crippen molar-refractivity contribution in [3.63, 3.8) is 0 Å². The summed E-state index contributed by atoms with van der Waals surface area (Å²) < 4.78 is 5.20. The maximum atomic E-state index is 12.9. The highest BCUT2D eigenvalue weighted by molar-refractivity contribution is 9.10. The molecule has 2 heterocycles. The lowest BCUT2D eigenvalue weighted by atomic mass is 9.91. The molecule has 8 nitrogen and oxygen atoms in total. The number of hydrogen-bond donors (Lipinski definition) is 2. The first kappa shape index (κ1) is 16.9. The van der Waals surface area contributed by atoms with Crippen LogP contribution in [0, 0.1) is 0 Å². The maximum Gasteiger partial charge on any atom is 0.325 e. The van der Waals surface area contributed by atoms with Gasteiger partial charge in [-0.2, -0.15) is 4.99 Å². The van der Waals surface area contributed by atoms with Crippen molar-refractivity contribution in [3.8, 4) is 0 Å². The number of carbonyl (C=O) groups excluding carboxylic acids is 3. The van der Waals surface area contributed by atoms with Gasteiger partial charge in [0.2, 0.25) is 0 Å². The fraction of sp³-hybridized carbons (Fsp3) is 0.286. The zero-order chi connectivity index (χ0) is 17.6. The molecule has 1 aromatic rings. The van der Waals surface area contributed by atoms with Crippen molar-refractivity contribution in [2.24, 2.45) is 10.7 Å². The van der Waals surface area contributed by atoms with Gasteiger partial charge in [-0.15, -0.1) is 0 Å². The topological polar surface area (TPSA) is 122 Å². The van der Waals surface area contributed by atoms with E-state index in [9.17, 15) is 19.5 Å². The third-order valence-corrected chi connectivity index (χ3v) is 5.41. The van der Waals surface area contributed by atoms with E-state index in [2.05, 4.69) is 25.7 Å². The molecular formula is C14H12BrN3O5S. The van der Waals surface area contributed by atoms with E-state index in [4.69, 9.17) is 5.73 Å². The number of anilines is 1. The van der Waals surface area contributed by atoms with Crippen LogP contribution in [-0.4, -0.2) is 47.0 Å². The predicted molar refractivity (Wildman–Crippen MR) is 90.4 cm³/mol. The molecule has 2 unspecified atom stereocenters. The summed E-state index contributed by atoms with van der Waals surface area (Å²) in [7, 11) is 1.20. The normalized spacial score (nSPS) is 25.7. The average Bonchev–Trinajstić information content (AvgIpc) is 2.98. The summed E-state index contributed by atoms with van der Waals surface area (Å²) in [5.74, 6) is -2.14. The lowest BCUT2D eigenvalue weighted by Crippen LogP contribution is -2.50. The molecule has 0 aliphatic carbocycles. The summed E-state index contributed by atoms with van der Waals surface area (Å²) in [4.78, 5) is 41.2. The Morgan fingerprint density at radius 1 is 1.54 bits per heavy atom. The second-order valence-electron chi connectivity index (χ2n) is 5.18. The van der Waals surface area contributed by atoms with Gasteiger partial charge in [-0.3, -0.25) is 19.3 Å². The summed E-state index contributed by atoms with van der Waals surface area (Å²) >= 11 is 4.10. The molecule has 0 aromatic heterocycles. The number of nitrogens with zero attached hydrogens (tertiary/aromatic N) is 2. The largest absolute Gasteiger partial charge is 0.468 e. The number of esters is 1. The van der Waals surface area contributed by atoms with Crippen LogP contribution < -0.4 is 10.6 Å². The lowest BCUT2D eigenvalue weighted by Gasteiger charge is -2.26. The average molecular weight is 414 g/mol. The van der Waals surface area contributed by atoms with Gasteiger partial charge in [0.15, 0.2) is 10.8 Å². The summed E-state index contributed by atoms with van der Waals surface area (Å²) in [5, 5.41) is 9.92. The molecule has 3 rings (SSSR count). The number of carbonyl (C=O) groups is 3. The van der Waals surface area contributed by atoms with E-state index in [0.717, 1.165) is 16.7 Å². The fourth-order valence-electron chi connectivity index (χ4n) is 2.71. The highest BCUT2D eigenvalue weighted by Gasteiger charge is 2.59. The molecule has 0 bridgehead atoms. The molecule has 3 N–H and O–H groups in total. The van der Waals surface area contributed by atoms with Gasteiger partial charge < -0.3 is 15.6 Å². The molecule has 1 aromatic carbocycles. The van der Waals surface area contributed by atoms with E-state index >= 15 is 0 Å². The molecule has 2 aliphatic heterocycles. The third-order valence-electron chi connectivity index (χ3n) is 3.81. The van der Waals surface area contributed by atoms with Crippen LogP contribution in [0.25, 0.3) is 0 Å². The number of hydrogen-bond acceptors (Lipinski definition) is 7. The first-order valence-electron chi connectivity index (χ1n) is 6.75. The molecule has 126 valence electrons. The Labute approximate surface area is 149 Å². The van der Waals surface area contributed by atoms with Crippen molar-refractivity contribution >= 4 is 56.3 Å². The Kier molecular flexibility index (Phi) is 4.14. The minimum atomic E-state index is -2.17. The molecule has 0 saturated carbocycles. The van der Waals surface area contributed by atoms with E-state index in [1.807, 2.05) is 0 Å². The van der Waals surface area contributed by atoms with Gasteiger partial charge in [0, 0.05) is 10.0 Å². The molecule has 10 heteroatoms. The Morgan fingerprint density at radius 2 is 2.25 bits per heavy atom. The Morgan fingerprint density at radius 3 is 2.83 bits per heavy atom. The van der Waals surface area contributed by atoms with Crippen LogP contribution in [0.5, 0.6) is 0 Å². The summed E-state index contributed by atoms with van der Waals surface area (Å²) in [6.07, 6.45) is 0. The number of ether oxygens (including phenoxy) is 1. The quantitative estimate of drug-likeness (QED) is 0.674. The first-order valence-corrected chi connectivity index (χ1v) is 8.42. The first-order chi connectivity index (χ1) is 11.3. The number of thioether (sulfide) groups is 1. The molecule has 0 saturated heterocycles. The number of aliphatic imine (C=N–C) groups is 1. The number of aliphatic hydroxyl groups is 1. The number of methoxy groups -OCH3 is 1. The molecule has 2 atom stereocenters. The van der Waals surface area contributed by atoms with E-state index in [1.165, 1.54) is 13.2 Å². The highest BCUT2D eigenvalue weighted by Crippen LogP contribution is 2.48. The molecule has 0 radical (unpaired) electrons. The number of rotatable bonds is 3. The van der Waals surface area contributed by atoms with E-state index in [1.54, 1.807) is 12.1 Å². The second-order valence-corrected chi connectivity index (χ2v) is 7.22. The Bertz CT molecular complexity index is 799. The molecule has 24 heavy (non-hydrogen) atoms. The van der Waals surface area contributed by atoms with Crippen LogP contribution in [0.1, 0.15) is 5.56 Å². The number of fused-ring (bicyclic) bond motifs is 1. The SMILES string of the molecule is COC(=O)CN1C(=O)C(O)(C2SC(N)=NC2=O)c2cc(Br)ccc21. The van der Waals surface area contributed by atoms with Crippen LogP contribution in [0.2, 0.25) is 0 Å². The molecular weight excluding hydrogens is 402 g/mol. The number of amidine groups is 1. The van der Waals surface area contributed by atoms with Crippen molar-refractivity contribution in [1.82, 2.24) is 0 Å². The van der Waals surface area contributed by atoms with Gasteiger partial charge in [0.1, 0.15) is 11.8 Å². The van der Waals surface area contributed by atoms with Gasteiger partial charge in [0.25, 0.3) is 11.8 Å². The fourth-order valence-corrected chi connectivity index (χ4v) is 4.01. The third kappa shape index (κ3) is 2.41. The summed E-state index contributed by atoms with van der Waals surface area (Å²) in [6, 6.07) is 4.77. The number of nitrogens with two attached hydrogens (primary N) is 1. The number of benzene rings is 1.